The van der Waals surface area contributed by atoms with Crippen LogP contribution in [-0.2, 0) is 16.4 Å². The molecule has 1 aliphatic rings. The lowest BCUT2D eigenvalue weighted by Crippen LogP contribution is -2.36. The molecule has 1 atom stereocenters. The Morgan fingerprint density at radius 2 is 1.86 bits per heavy atom. The van der Waals surface area contributed by atoms with Crippen molar-refractivity contribution in [3.05, 3.63) is 65.2 Å². The van der Waals surface area contributed by atoms with E-state index < -0.39 is 10.0 Å². The number of sulfonamides is 1. The Labute approximate surface area is 136 Å². The first kappa shape index (κ1) is 15.5. The van der Waals surface area contributed by atoms with E-state index in [4.69, 9.17) is 11.6 Å². The summed E-state index contributed by atoms with van der Waals surface area (Å²) in [5.41, 5.74) is 1.17. The van der Waals surface area contributed by atoms with Crippen LogP contribution in [0.5, 0.6) is 0 Å². The number of hydrogen-bond acceptors (Lipinski definition) is 2. The molecule has 0 N–H and O–H groups in total. The van der Waals surface area contributed by atoms with Gasteiger partial charge in [-0.25, -0.2) is 8.42 Å². The molecule has 2 aromatic carbocycles. The summed E-state index contributed by atoms with van der Waals surface area (Å²) in [7, 11) is -3.48. The minimum atomic E-state index is -3.48. The first-order valence-electron chi connectivity index (χ1n) is 7.39. The maximum absolute atomic E-state index is 12.9. The third-order valence-electron chi connectivity index (χ3n) is 4.04. The molecule has 5 heteroatoms. The average Bonchev–Trinajstić information content (AvgIpc) is 2.97. The first-order chi connectivity index (χ1) is 10.6. The highest BCUT2D eigenvalue weighted by Crippen LogP contribution is 2.29. The van der Waals surface area contributed by atoms with Crippen molar-refractivity contribution in [1.82, 2.24) is 4.31 Å². The molecule has 116 valence electrons. The van der Waals surface area contributed by atoms with Gasteiger partial charge in [0.2, 0.25) is 10.0 Å². The van der Waals surface area contributed by atoms with Gasteiger partial charge in [-0.3, -0.25) is 0 Å². The van der Waals surface area contributed by atoms with Crippen LogP contribution in [0.2, 0.25) is 5.02 Å². The molecule has 1 aliphatic heterocycles. The highest BCUT2D eigenvalue weighted by atomic mass is 35.5. The second-order valence-corrected chi connectivity index (χ2v) is 7.89. The van der Waals surface area contributed by atoms with Gasteiger partial charge in [0, 0.05) is 17.6 Å². The molecule has 2 aromatic rings. The zero-order valence-electron chi connectivity index (χ0n) is 12.2. The third-order valence-corrected chi connectivity index (χ3v) is 6.22. The van der Waals surface area contributed by atoms with Crippen molar-refractivity contribution in [2.75, 3.05) is 6.54 Å². The Kier molecular flexibility index (Phi) is 4.52. The standard InChI is InChI=1S/C17H18ClNO2S/c18-15-8-4-10-17(13-15)22(20,21)19-11-5-9-16(19)12-14-6-2-1-3-7-14/h1-4,6-8,10,13,16H,5,9,11-12H2. The van der Waals surface area contributed by atoms with Crippen molar-refractivity contribution >= 4 is 21.6 Å². The lowest BCUT2D eigenvalue weighted by atomic mass is 10.1. The number of halogens is 1. The Bertz CT molecular complexity index is 746. The first-order valence-corrected chi connectivity index (χ1v) is 9.20. The summed E-state index contributed by atoms with van der Waals surface area (Å²) >= 11 is 5.94. The van der Waals surface area contributed by atoms with E-state index in [2.05, 4.69) is 0 Å². The molecule has 3 rings (SSSR count). The molecule has 3 nitrogen and oxygen atoms in total. The summed E-state index contributed by atoms with van der Waals surface area (Å²) in [6.07, 6.45) is 2.55. The van der Waals surface area contributed by atoms with Gasteiger partial charge in [-0.1, -0.05) is 48.0 Å². The van der Waals surface area contributed by atoms with E-state index >= 15 is 0 Å². The molecule has 0 spiro atoms. The molecular formula is C17H18ClNO2S. The summed E-state index contributed by atoms with van der Waals surface area (Å²) < 4.78 is 27.3. The minimum absolute atomic E-state index is 0.0198. The third kappa shape index (κ3) is 3.19. The summed E-state index contributed by atoms with van der Waals surface area (Å²) in [6.45, 7) is 0.576. The minimum Gasteiger partial charge on any atom is -0.207 e. The molecule has 0 bridgehead atoms. The largest absolute Gasteiger partial charge is 0.243 e. The van der Waals surface area contributed by atoms with E-state index in [0.717, 1.165) is 19.3 Å². The van der Waals surface area contributed by atoms with E-state index in [1.165, 1.54) is 11.6 Å². The Hall–Kier alpha value is -1.36. The van der Waals surface area contributed by atoms with Crippen molar-refractivity contribution in [1.29, 1.82) is 0 Å². The molecule has 1 saturated heterocycles. The van der Waals surface area contributed by atoms with Gasteiger partial charge in [0.25, 0.3) is 0 Å². The van der Waals surface area contributed by atoms with E-state index in [1.54, 1.807) is 22.5 Å². The van der Waals surface area contributed by atoms with Crippen LogP contribution >= 0.6 is 11.6 Å². The fraction of sp³-hybridized carbons (Fsp3) is 0.294. The monoisotopic (exact) mass is 335 g/mol. The van der Waals surface area contributed by atoms with E-state index in [-0.39, 0.29) is 10.9 Å². The van der Waals surface area contributed by atoms with E-state index in [1.807, 2.05) is 30.3 Å². The summed E-state index contributed by atoms with van der Waals surface area (Å²) in [6, 6.07) is 16.5. The topological polar surface area (TPSA) is 37.4 Å². The highest BCUT2D eigenvalue weighted by molar-refractivity contribution is 7.89. The molecule has 1 unspecified atom stereocenters. The predicted molar refractivity (Wildman–Crippen MR) is 88.5 cm³/mol. The molecule has 0 aliphatic carbocycles. The molecule has 0 aromatic heterocycles. The zero-order chi connectivity index (χ0) is 15.6. The molecule has 1 heterocycles. The Balaban J connectivity index is 1.86. The second kappa shape index (κ2) is 6.41. The Morgan fingerprint density at radius 3 is 2.59 bits per heavy atom. The van der Waals surface area contributed by atoms with Crippen LogP contribution < -0.4 is 0 Å². The van der Waals surface area contributed by atoms with Crippen molar-refractivity contribution in [3.8, 4) is 0 Å². The number of hydrogen-bond donors (Lipinski definition) is 0. The van der Waals surface area contributed by atoms with Crippen LogP contribution in [0, 0.1) is 0 Å². The smallest absolute Gasteiger partial charge is 0.207 e. The number of rotatable bonds is 4. The van der Waals surface area contributed by atoms with Crippen molar-refractivity contribution in [2.45, 2.75) is 30.2 Å². The van der Waals surface area contributed by atoms with Gasteiger partial charge in [0.1, 0.15) is 0 Å². The molecule has 0 amide bonds. The van der Waals surface area contributed by atoms with Gasteiger partial charge in [0.05, 0.1) is 4.90 Å². The summed E-state index contributed by atoms with van der Waals surface area (Å²) in [4.78, 5) is 0.278. The maximum atomic E-state index is 12.9. The van der Waals surface area contributed by atoms with Crippen LogP contribution in [0.25, 0.3) is 0 Å². The molecule has 1 fully saturated rings. The molecule has 22 heavy (non-hydrogen) atoms. The van der Waals surface area contributed by atoms with Gasteiger partial charge in [-0.05, 0) is 43.0 Å². The average molecular weight is 336 g/mol. The number of benzene rings is 2. The summed E-state index contributed by atoms with van der Waals surface area (Å²) in [5, 5.41) is 0.444. The molecule has 0 saturated carbocycles. The summed E-state index contributed by atoms with van der Waals surface area (Å²) in [5.74, 6) is 0. The lowest BCUT2D eigenvalue weighted by Gasteiger charge is -2.24. The van der Waals surface area contributed by atoms with Crippen molar-refractivity contribution in [3.63, 3.8) is 0 Å². The van der Waals surface area contributed by atoms with E-state index in [0.29, 0.717) is 11.6 Å². The second-order valence-electron chi connectivity index (χ2n) is 5.56. The van der Waals surface area contributed by atoms with Crippen LogP contribution in [0.4, 0.5) is 0 Å². The quantitative estimate of drug-likeness (QED) is 0.853. The molecule has 0 radical (unpaired) electrons. The fourth-order valence-electron chi connectivity index (χ4n) is 2.98. The van der Waals surface area contributed by atoms with Crippen LogP contribution in [0.15, 0.2) is 59.5 Å². The SMILES string of the molecule is O=S(=O)(c1cccc(Cl)c1)N1CCCC1Cc1ccccc1. The number of nitrogens with zero attached hydrogens (tertiary/aromatic N) is 1. The normalized spacial score (nSPS) is 19.4. The fourth-order valence-corrected chi connectivity index (χ4v) is 4.97. The van der Waals surface area contributed by atoms with E-state index in [9.17, 15) is 8.42 Å². The highest BCUT2D eigenvalue weighted by Gasteiger charge is 2.35. The van der Waals surface area contributed by atoms with Crippen molar-refractivity contribution < 1.29 is 8.42 Å². The van der Waals surface area contributed by atoms with Gasteiger partial charge in [0.15, 0.2) is 0 Å². The van der Waals surface area contributed by atoms with Gasteiger partial charge < -0.3 is 0 Å². The van der Waals surface area contributed by atoms with Crippen LogP contribution in [-0.4, -0.2) is 25.3 Å². The van der Waals surface area contributed by atoms with Gasteiger partial charge in [-0.2, -0.15) is 4.31 Å². The zero-order valence-corrected chi connectivity index (χ0v) is 13.7. The van der Waals surface area contributed by atoms with Gasteiger partial charge >= 0.3 is 0 Å². The molecular weight excluding hydrogens is 318 g/mol. The maximum Gasteiger partial charge on any atom is 0.243 e. The lowest BCUT2D eigenvalue weighted by molar-refractivity contribution is 0.385. The van der Waals surface area contributed by atoms with Crippen LogP contribution in [0.1, 0.15) is 18.4 Å². The predicted octanol–water partition coefficient (Wildman–Crippen LogP) is 3.74. The van der Waals surface area contributed by atoms with Crippen molar-refractivity contribution in [2.24, 2.45) is 0 Å². The van der Waals surface area contributed by atoms with Gasteiger partial charge in [-0.15, -0.1) is 0 Å². The van der Waals surface area contributed by atoms with Crippen LogP contribution in [0.3, 0.4) is 0 Å². The Morgan fingerprint density at radius 1 is 1.09 bits per heavy atom.